The molecule has 2 aromatic rings. The van der Waals surface area contributed by atoms with Gasteiger partial charge in [0.05, 0.1) is 4.90 Å². The van der Waals surface area contributed by atoms with Crippen molar-refractivity contribution in [3.05, 3.63) is 59.7 Å². The van der Waals surface area contributed by atoms with Gasteiger partial charge in [0, 0.05) is 49.9 Å². The Bertz CT molecular complexity index is 1040. The number of carboxylic acids is 1. The molecule has 0 aliphatic carbocycles. The highest BCUT2D eigenvalue weighted by Crippen LogP contribution is 2.19. The normalized spacial score (nSPS) is 14.3. The molecule has 0 saturated carbocycles. The molecule has 0 spiro atoms. The summed E-state index contributed by atoms with van der Waals surface area (Å²) in [6, 6.07) is 12.6. The number of carbonyl (C=O) groups is 2. The van der Waals surface area contributed by atoms with Gasteiger partial charge in [0.1, 0.15) is 5.84 Å². The van der Waals surface area contributed by atoms with Crippen LogP contribution in [0.25, 0.3) is 0 Å². The van der Waals surface area contributed by atoms with Crippen molar-refractivity contribution >= 4 is 33.4 Å². The number of piperazine rings is 1. The average Bonchev–Trinajstić information content (AvgIpc) is 2.73. The number of rotatable bonds is 4. The van der Waals surface area contributed by atoms with E-state index in [1.165, 1.54) is 16.4 Å². The molecule has 166 valence electrons. The lowest BCUT2D eigenvalue weighted by molar-refractivity contribution is -0.134. The van der Waals surface area contributed by atoms with Crippen LogP contribution in [0.1, 0.15) is 22.8 Å². The van der Waals surface area contributed by atoms with E-state index in [4.69, 9.17) is 26.8 Å². The van der Waals surface area contributed by atoms with Crippen LogP contribution in [0.5, 0.6) is 0 Å². The molecule has 0 aromatic heterocycles. The molecule has 1 saturated heterocycles. The zero-order valence-electron chi connectivity index (χ0n) is 17.0. The van der Waals surface area contributed by atoms with Crippen LogP contribution >= 0.6 is 0 Å². The van der Waals surface area contributed by atoms with Crippen LogP contribution in [0.3, 0.4) is 0 Å². The summed E-state index contributed by atoms with van der Waals surface area (Å²) in [4.78, 5) is 23.4. The number of nitrogen functional groups attached to an aromatic ring is 2. The van der Waals surface area contributed by atoms with Crippen molar-refractivity contribution in [2.45, 2.75) is 11.8 Å². The number of hydrogen-bond donors (Lipinski definition) is 4. The highest BCUT2D eigenvalue weighted by Gasteiger charge is 2.30. The Morgan fingerprint density at radius 3 is 1.84 bits per heavy atom. The van der Waals surface area contributed by atoms with Gasteiger partial charge >= 0.3 is 0 Å². The summed E-state index contributed by atoms with van der Waals surface area (Å²) in [6.45, 7) is 2.15. The van der Waals surface area contributed by atoms with Crippen molar-refractivity contribution in [1.29, 1.82) is 5.41 Å². The monoisotopic (exact) mass is 447 g/mol. The minimum atomic E-state index is -3.61. The first-order valence-corrected chi connectivity index (χ1v) is 10.8. The first kappa shape index (κ1) is 23.8. The minimum Gasteiger partial charge on any atom is -0.481 e. The molecular formula is C20H25N5O5S. The van der Waals surface area contributed by atoms with Crippen LogP contribution in [0.2, 0.25) is 0 Å². The number of benzene rings is 2. The Kier molecular flexibility index (Phi) is 7.72. The van der Waals surface area contributed by atoms with Gasteiger partial charge in [-0.25, -0.2) is 8.42 Å². The summed E-state index contributed by atoms with van der Waals surface area (Å²) >= 11 is 0. The standard InChI is InChI=1S/C18H21N5O3S.C2H4O2/c19-15-5-7-16(8-6-15)27(25,26)23-11-9-22(10-12-23)18(24)14-3-1-13(2-4-14)17(20)21;1-2(3)4/h1-8H,9-12,19H2,(H3,20,21);1H3,(H,3,4). The van der Waals surface area contributed by atoms with E-state index >= 15 is 0 Å². The topological polar surface area (TPSA) is 171 Å². The average molecular weight is 448 g/mol. The van der Waals surface area contributed by atoms with Crippen molar-refractivity contribution in [2.75, 3.05) is 31.9 Å². The fraction of sp³-hybridized carbons (Fsp3) is 0.250. The Hall–Kier alpha value is -3.44. The van der Waals surface area contributed by atoms with Crippen LogP contribution in [-0.4, -0.2) is 66.6 Å². The minimum absolute atomic E-state index is 0.0597. The van der Waals surface area contributed by atoms with Gasteiger partial charge in [0.25, 0.3) is 11.9 Å². The first-order valence-electron chi connectivity index (χ1n) is 9.31. The molecule has 1 heterocycles. The summed E-state index contributed by atoms with van der Waals surface area (Å²) in [5, 5.41) is 14.8. The number of amides is 1. The predicted octanol–water partition coefficient (Wildman–Crippen LogP) is 0.790. The number of sulfonamides is 1. The highest BCUT2D eigenvalue weighted by molar-refractivity contribution is 7.89. The van der Waals surface area contributed by atoms with E-state index in [9.17, 15) is 13.2 Å². The number of carboxylic acid groups (broad SMARTS) is 1. The molecule has 1 aliphatic rings. The maximum atomic E-state index is 12.7. The third-order valence-electron chi connectivity index (χ3n) is 4.49. The van der Waals surface area contributed by atoms with Gasteiger partial charge in [-0.3, -0.25) is 15.0 Å². The number of anilines is 1. The summed E-state index contributed by atoms with van der Waals surface area (Å²) in [7, 11) is -3.61. The Morgan fingerprint density at radius 1 is 0.935 bits per heavy atom. The number of aliphatic carboxylic acids is 1. The molecule has 0 bridgehead atoms. The number of nitrogens with two attached hydrogens (primary N) is 2. The van der Waals surface area contributed by atoms with Crippen LogP contribution in [0.4, 0.5) is 5.69 Å². The summed E-state index contributed by atoms with van der Waals surface area (Å²) < 4.78 is 26.8. The largest absolute Gasteiger partial charge is 0.481 e. The summed E-state index contributed by atoms with van der Waals surface area (Å²) in [5.41, 5.74) is 12.6. The fourth-order valence-electron chi connectivity index (χ4n) is 2.90. The van der Waals surface area contributed by atoms with Gasteiger partial charge in [0.2, 0.25) is 10.0 Å². The van der Waals surface area contributed by atoms with E-state index in [1.807, 2.05) is 0 Å². The van der Waals surface area contributed by atoms with E-state index < -0.39 is 16.0 Å². The lowest BCUT2D eigenvalue weighted by Gasteiger charge is -2.34. The zero-order valence-corrected chi connectivity index (χ0v) is 17.8. The molecule has 0 atom stereocenters. The smallest absolute Gasteiger partial charge is 0.300 e. The first-order chi connectivity index (χ1) is 14.5. The van der Waals surface area contributed by atoms with Crippen LogP contribution in [-0.2, 0) is 14.8 Å². The van der Waals surface area contributed by atoms with Gasteiger partial charge in [-0.15, -0.1) is 0 Å². The molecule has 10 nitrogen and oxygen atoms in total. The quantitative estimate of drug-likeness (QED) is 0.305. The van der Waals surface area contributed by atoms with E-state index in [2.05, 4.69) is 0 Å². The van der Waals surface area contributed by atoms with E-state index in [1.54, 1.807) is 41.3 Å². The van der Waals surface area contributed by atoms with E-state index in [-0.39, 0.29) is 29.7 Å². The van der Waals surface area contributed by atoms with Crippen molar-refractivity contribution in [2.24, 2.45) is 5.73 Å². The second-order valence-electron chi connectivity index (χ2n) is 6.78. The molecule has 0 unspecified atom stereocenters. The third kappa shape index (κ3) is 6.27. The predicted molar refractivity (Wildman–Crippen MR) is 116 cm³/mol. The van der Waals surface area contributed by atoms with Crippen LogP contribution < -0.4 is 11.5 Å². The fourth-order valence-corrected chi connectivity index (χ4v) is 4.32. The molecule has 1 amide bonds. The lowest BCUT2D eigenvalue weighted by atomic mass is 10.1. The summed E-state index contributed by atoms with van der Waals surface area (Å²) in [6.07, 6.45) is 0. The molecule has 11 heteroatoms. The molecular weight excluding hydrogens is 422 g/mol. The van der Waals surface area contributed by atoms with Gasteiger partial charge in [0.15, 0.2) is 0 Å². The molecule has 1 aliphatic heterocycles. The SMILES string of the molecule is CC(=O)O.N=C(N)c1ccc(C(=O)N2CCN(S(=O)(=O)c3ccc(N)cc3)CC2)cc1. The number of hydrogen-bond acceptors (Lipinski definition) is 6. The maximum Gasteiger partial charge on any atom is 0.300 e. The van der Waals surface area contributed by atoms with E-state index in [0.29, 0.717) is 29.9 Å². The third-order valence-corrected chi connectivity index (χ3v) is 6.40. The van der Waals surface area contributed by atoms with Crippen molar-refractivity contribution in [3.8, 4) is 0 Å². The highest BCUT2D eigenvalue weighted by atomic mass is 32.2. The van der Waals surface area contributed by atoms with Crippen molar-refractivity contribution in [3.63, 3.8) is 0 Å². The zero-order chi connectivity index (χ0) is 23.2. The summed E-state index contributed by atoms with van der Waals surface area (Å²) in [5.74, 6) is -1.06. The molecule has 0 radical (unpaired) electrons. The van der Waals surface area contributed by atoms with Crippen molar-refractivity contribution < 1.29 is 23.1 Å². The van der Waals surface area contributed by atoms with Gasteiger partial charge in [-0.05, 0) is 36.4 Å². The van der Waals surface area contributed by atoms with Gasteiger partial charge < -0.3 is 21.5 Å². The Morgan fingerprint density at radius 2 is 1.39 bits per heavy atom. The van der Waals surface area contributed by atoms with Crippen LogP contribution in [0, 0.1) is 5.41 Å². The van der Waals surface area contributed by atoms with Crippen LogP contribution in [0.15, 0.2) is 53.4 Å². The second kappa shape index (κ2) is 10.0. The van der Waals surface area contributed by atoms with Crippen molar-refractivity contribution in [1.82, 2.24) is 9.21 Å². The second-order valence-corrected chi connectivity index (χ2v) is 8.71. The molecule has 31 heavy (non-hydrogen) atoms. The number of nitrogens with one attached hydrogen (secondary N) is 1. The lowest BCUT2D eigenvalue weighted by Crippen LogP contribution is -2.50. The number of nitrogens with zero attached hydrogens (tertiary/aromatic N) is 2. The Labute approximate surface area is 180 Å². The van der Waals surface area contributed by atoms with E-state index in [0.717, 1.165) is 6.92 Å². The Balaban J connectivity index is 0.000000785. The maximum absolute atomic E-state index is 12.7. The molecule has 1 fully saturated rings. The number of amidine groups is 1. The molecule has 3 rings (SSSR count). The molecule has 6 N–H and O–H groups in total. The van der Waals surface area contributed by atoms with Gasteiger partial charge in [-0.1, -0.05) is 12.1 Å². The number of carbonyl (C=O) groups excluding carboxylic acids is 1. The molecule has 2 aromatic carbocycles. The van der Waals surface area contributed by atoms with Gasteiger partial charge in [-0.2, -0.15) is 4.31 Å².